The number of hydrogen-bond acceptors (Lipinski definition) is 6. The zero-order valence-electron chi connectivity index (χ0n) is 14.1. The van der Waals surface area contributed by atoms with Gasteiger partial charge < -0.3 is 14.8 Å². The molecule has 7 nitrogen and oxygen atoms in total. The van der Waals surface area contributed by atoms with Crippen molar-refractivity contribution in [1.82, 2.24) is 10.3 Å². The van der Waals surface area contributed by atoms with E-state index in [9.17, 15) is 9.59 Å². The number of carbonyl (C=O) groups is 2. The van der Waals surface area contributed by atoms with Crippen LogP contribution in [0.5, 0.6) is 5.75 Å². The lowest BCUT2D eigenvalue weighted by Gasteiger charge is -2.42. The van der Waals surface area contributed by atoms with Crippen molar-refractivity contribution in [3.05, 3.63) is 59.9 Å². The molecule has 0 fully saturated rings. The number of nitrogens with one attached hydrogen (secondary N) is 1. The fraction of sp³-hybridized carbons (Fsp3) is 0.263. The van der Waals surface area contributed by atoms with E-state index in [1.54, 1.807) is 18.3 Å². The summed E-state index contributed by atoms with van der Waals surface area (Å²) in [5, 5.41) is 2.71. The van der Waals surface area contributed by atoms with E-state index >= 15 is 0 Å². The minimum atomic E-state index is -1.09. The Kier molecular flexibility index (Phi) is 3.91. The van der Waals surface area contributed by atoms with Crippen LogP contribution in [-0.4, -0.2) is 36.4 Å². The molecule has 1 aromatic heterocycles. The number of amides is 1. The van der Waals surface area contributed by atoms with Gasteiger partial charge in [-0.05, 0) is 18.2 Å². The van der Waals surface area contributed by atoms with E-state index in [4.69, 9.17) is 14.5 Å². The zero-order valence-corrected chi connectivity index (χ0v) is 14.1. The summed E-state index contributed by atoms with van der Waals surface area (Å²) in [5.41, 5.74) is 0.148. The van der Waals surface area contributed by atoms with Gasteiger partial charge in [0, 0.05) is 18.2 Å². The Morgan fingerprint density at radius 3 is 2.85 bits per heavy atom. The first-order valence-corrected chi connectivity index (χ1v) is 8.28. The second-order valence-corrected chi connectivity index (χ2v) is 6.14. The second-order valence-electron chi connectivity index (χ2n) is 6.14. The molecule has 0 saturated carbocycles. The van der Waals surface area contributed by atoms with E-state index in [0.29, 0.717) is 35.9 Å². The molecule has 132 valence electrons. The molecule has 1 amide bonds. The van der Waals surface area contributed by atoms with Crippen molar-refractivity contribution in [2.75, 3.05) is 13.7 Å². The van der Waals surface area contributed by atoms with Crippen LogP contribution < -0.4 is 10.1 Å². The van der Waals surface area contributed by atoms with Crippen LogP contribution in [0.4, 0.5) is 0 Å². The van der Waals surface area contributed by atoms with Gasteiger partial charge in [-0.1, -0.05) is 24.3 Å². The predicted molar refractivity (Wildman–Crippen MR) is 92.7 cm³/mol. The number of benzene rings is 1. The summed E-state index contributed by atoms with van der Waals surface area (Å²) < 4.78 is 10.6. The van der Waals surface area contributed by atoms with E-state index in [-0.39, 0.29) is 0 Å². The number of ether oxygens (including phenoxy) is 2. The van der Waals surface area contributed by atoms with Gasteiger partial charge in [0.1, 0.15) is 17.0 Å². The van der Waals surface area contributed by atoms with Crippen LogP contribution in [0, 0.1) is 5.92 Å². The minimum Gasteiger partial charge on any atom is -0.493 e. The third-order valence-corrected chi connectivity index (χ3v) is 4.73. The summed E-state index contributed by atoms with van der Waals surface area (Å²) in [4.78, 5) is 34.5. The Morgan fingerprint density at radius 1 is 1.27 bits per heavy atom. The molecule has 0 radical (unpaired) electrons. The molecule has 26 heavy (non-hydrogen) atoms. The highest BCUT2D eigenvalue weighted by Crippen LogP contribution is 2.47. The predicted octanol–water partition coefficient (Wildman–Crippen LogP) is 1.43. The molecule has 4 rings (SSSR count). The summed E-state index contributed by atoms with van der Waals surface area (Å²) >= 11 is 0. The van der Waals surface area contributed by atoms with Crippen molar-refractivity contribution in [3.8, 4) is 5.75 Å². The number of aromatic nitrogens is 1. The van der Waals surface area contributed by atoms with Crippen LogP contribution in [-0.2, 0) is 19.9 Å². The maximum atomic E-state index is 12.9. The highest BCUT2D eigenvalue weighted by Gasteiger charge is 2.55. The maximum Gasteiger partial charge on any atom is 0.321 e. The van der Waals surface area contributed by atoms with Crippen molar-refractivity contribution in [3.63, 3.8) is 0 Å². The molecule has 0 saturated heterocycles. The number of amidine groups is 1. The number of fused-ring (bicyclic) bond motifs is 2. The number of hydrogen-bond donors (Lipinski definition) is 1. The topological polar surface area (TPSA) is 89.9 Å². The van der Waals surface area contributed by atoms with Crippen molar-refractivity contribution in [2.24, 2.45) is 10.9 Å². The molecule has 3 heterocycles. The number of esters is 1. The molecular weight excluding hydrogens is 334 g/mol. The highest BCUT2D eigenvalue weighted by atomic mass is 16.5. The van der Waals surface area contributed by atoms with Crippen molar-refractivity contribution in [1.29, 1.82) is 0 Å². The summed E-state index contributed by atoms with van der Waals surface area (Å²) in [6, 6.07) is 12.7. The molecule has 2 unspecified atom stereocenters. The summed E-state index contributed by atoms with van der Waals surface area (Å²) in [6.45, 7) is 0.344. The maximum absolute atomic E-state index is 12.9. The lowest BCUT2D eigenvalue weighted by Crippen LogP contribution is -2.56. The Balaban J connectivity index is 1.95. The number of carbonyl (C=O) groups excluding carboxylic acids is 2. The normalized spacial score (nSPS) is 24.1. The number of pyridine rings is 1. The number of methoxy groups -OCH3 is 1. The van der Waals surface area contributed by atoms with Gasteiger partial charge in [0.05, 0.1) is 13.7 Å². The van der Waals surface area contributed by atoms with Crippen molar-refractivity contribution in [2.45, 2.75) is 12.0 Å². The quantitative estimate of drug-likeness (QED) is 0.653. The molecule has 7 heteroatoms. The standard InChI is InChI=1S/C19H17N3O4/c1-25-18(24)15-17(23)21-16(13-7-4-5-10-20-13)22-19(15)9-11-26-14-8-3-2-6-12(14)19/h2-8,10,15H,9,11H2,1H3,(H,21,22,23). The number of nitrogens with zero attached hydrogens (tertiary/aromatic N) is 2. The molecule has 2 aliphatic rings. The monoisotopic (exact) mass is 351 g/mol. The Hall–Kier alpha value is -3.22. The smallest absolute Gasteiger partial charge is 0.321 e. The summed E-state index contributed by atoms with van der Waals surface area (Å²) in [6.07, 6.45) is 2.01. The average molecular weight is 351 g/mol. The zero-order chi connectivity index (χ0) is 18.1. The van der Waals surface area contributed by atoms with E-state index in [1.807, 2.05) is 30.3 Å². The van der Waals surface area contributed by atoms with Gasteiger partial charge in [0.15, 0.2) is 11.8 Å². The van der Waals surface area contributed by atoms with E-state index < -0.39 is 23.3 Å². The average Bonchev–Trinajstić information content (AvgIpc) is 2.68. The van der Waals surface area contributed by atoms with Crippen LogP contribution in [0.25, 0.3) is 0 Å². The lowest BCUT2D eigenvalue weighted by molar-refractivity contribution is -0.154. The van der Waals surface area contributed by atoms with Gasteiger partial charge in [0.2, 0.25) is 5.91 Å². The molecular formula is C19H17N3O4. The fourth-order valence-corrected chi connectivity index (χ4v) is 3.56. The summed E-state index contributed by atoms with van der Waals surface area (Å²) in [7, 11) is 1.27. The van der Waals surface area contributed by atoms with Crippen LogP contribution in [0.3, 0.4) is 0 Å². The van der Waals surface area contributed by atoms with Gasteiger partial charge in [0.25, 0.3) is 0 Å². The fourth-order valence-electron chi connectivity index (χ4n) is 3.56. The second kappa shape index (κ2) is 6.25. The van der Waals surface area contributed by atoms with Gasteiger partial charge in [-0.2, -0.15) is 0 Å². The van der Waals surface area contributed by atoms with Crippen LogP contribution in [0.2, 0.25) is 0 Å². The van der Waals surface area contributed by atoms with Gasteiger partial charge in [-0.3, -0.25) is 19.6 Å². The first-order chi connectivity index (χ1) is 12.7. The third kappa shape index (κ3) is 2.44. The molecule has 0 bridgehead atoms. The highest BCUT2D eigenvalue weighted by molar-refractivity contribution is 6.14. The Labute approximate surface area is 150 Å². The van der Waals surface area contributed by atoms with E-state index in [0.717, 1.165) is 0 Å². The molecule has 1 N–H and O–H groups in total. The minimum absolute atomic E-state index is 0.340. The van der Waals surface area contributed by atoms with Gasteiger partial charge in [-0.25, -0.2) is 0 Å². The Morgan fingerprint density at radius 2 is 2.08 bits per heavy atom. The molecule has 1 spiro atoms. The molecule has 0 aliphatic carbocycles. The molecule has 1 aromatic carbocycles. The third-order valence-electron chi connectivity index (χ3n) is 4.73. The number of para-hydroxylation sites is 1. The van der Waals surface area contributed by atoms with Gasteiger partial charge >= 0.3 is 5.97 Å². The van der Waals surface area contributed by atoms with E-state index in [2.05, 4.69) is 10.3 Å². The molecule has 2 aliphatic heterocycles. The summed E-state index contributed by atoms with van der Waals surface area (Å²) in [5.74, 6) is -1.21. The number of aliphatic imine (C=N–C) groups is 1. The first-order valence-electron chi connectivity index (χ1n) is 8.28. The van der Waals surface area contributed by atoms with Crippen LogP contribution in [0.1, 0.15) is 17.7 Å². The van der Waals surface area contributed by atoms with Gasteiger partial charge in [-0.15, -0.1) is 0 Å². The molecule has 2 atom stereocenters. The Bertz CT molecular complexity index is 897. The number of rotatable bonds is 2. The first kappa shape index (κ1) is 16.3. The van der Waals surface area contributed by atoms with Crippen molar-refractivity contribution < 1.29 is 19.1 Å². The lowest BCUT2D eigenvalue weighted by atomic mass is 9.73. The van der Waals surface area contributed by atoms with Crippen molar-refractivity contribution >= 4 is 17.7 Å². The largest absolute Gasteiger partial charge is 0.493 e. The van der Waals surface area contributed by atoms with Crippen LogP contribution in [0.15, 0.2) is 53.7 Å². The molecule has 2 aromatic rings. The van der Waals surface area contributed by atoms with E-state index in [1.165, 1.54) is 7.11 Å². The van der Waals surface area contributed by atoms with Crippen LogP contribution >= 0.6 is 0 Å². The SMILES string of the molecule is COC(=O)C1C(=O)NC(c2ccccn2)=NC12CCOc1ccccc12.